The van der Waals surface area contributed by atoms with Crippen molar-refractivity contribution in [2.24, 2.45) is 5.92 Å². The summed E-state index contributed by atoms with van der Waals surface area (Å²) in [6.07, 6.45) is 5.25. The zero-order valence-electron chi connectivity index (χ0n) is 15.1. The third-order valence-corrected chi connectivity index (χ3v) is 5.46. The number of carbonyl (C=O) groups is 1. The molecule has 0 bridgehead atoms. The number of fused-ring (bicyclic) bond motifs is 1. The van der Waals surface area contributed by atoms with E-state index in [1.165, 1.54) is 11.3 Å². The van der Waals surface area contributed by atoms with Gasteiger partial charge in [0.05, 0.1) is 22.7 Å². The Bertz CT molecular complexity index is 930. The maximum atomic E-state index is 12.8. The Morgan fingerprint density at radius 2 is 2.22 bits per heavy atom. The number of amides is 1. The quantitative estimate of drug-likeness (QED) is 0.728. The zero-order chi connectivity index (χ0) is 18.6. The SMILES string of the molecule is CCOc1ccc2nc(NC(=O)C3CCCN(c4ncccn4)C3)sc2c1. The molecule has 8 heteroatoms. The van der Waals surface area contributed by atoms with E-state index >= 15 is 0 Å². The number of ether oxygens (including phenoxy) is 1. The molecule has 1 fully saturated rings. The van der Waals surface area contributed by atoms with Gasteiger partial charge in [0, 0.05) is 25.5 Å². The highest BCUT2D eigenvalue weighted by molar-refractivity contribution is 7.22. The summed E-state index contributed by atoms with van der Waals surface area (Å²) in [5, 5.41) is 3.61. The van der Waals surface area contributed by atoms with Gasteiger partial charge in [-0.05, 0) is 44.0 Å². The van der Waals surface area contributed by atoms with Gasteiger partial charge in [-0.1, -0.05) is 11.3 Å². The Morgan fingerprint density at radius 1 is 1.37 bits per heavy atom. The third-order valence-electron chi connectivity index (χ3n) is 4.53. The molecule has 4 rings (SSSR count). The fourth-order valence-corrected chi connectivity index (χ4v) is 4.15. The van der Waals surface area contributed by atoms with Crippen molar-refractivity contribution in [1.82, 2.24) is 15.0 Å². The van der Waals surface area contributed by atoms with Gasteiger partial charge in [0.1, 0.15) is 5.75 Å². The Kier molecular flexibility index (Phi) is 5.15. The van der Waals surface area contributed by atoms with Crippen LogP contribution in [0.1, 0.15) is 19.8 Å². The molecule has 3 heterocycles. The Hall–Kier alpha value is -2.74. The Labute approximate surface area is 161 Å². The van der Waals surface area contributed by atoms with Crippen LogP contribution in [0.5, 0.6) is 5.75 Å². The first-order chi connectivity index (χ1) is 13.2. The van der Waals surface area contributed by atoms with Crippen LogP contribution in [0.15, 0.2) is 36.7 Å². The number of nitrogens with one attached hydrogen (secondary N) is 1. The summed E-state index contributed by atoms with van der Waals surface area (Å²) in [7, 11) is 0. The zero-order valence-corrected chi connectivity index (χ0v) is 15.9. The molecule has 1 aliphatic rings. The number of aromatic nitrogens is 3. The summed E-state index contributed by atoms with van der Waals surface area (Å²) >= 11 is 1.47. The molecule has 1 atom stereocenters. The number of benzene rings is 1. The van der Waals surface area contributed by atoms with Crippen LogP contribution in [0.2, 0.25) is 0 Å². The number of thiazole rings is 1. The number of hydrogen-bond donors (Lipinski definition) is 1. The van der Waals surface area contributed by atoms with Crippen LogP contribution in [-0.2, 0) is 4.79 Å². The van der Waals surface area contributed by atoms with E-state index in [0.717, 1.165) is 35.4 Å². The molecule has 1 amide bonds. The van der Waals surface area contributed by atoms with Crippen LogP contribution in [-0.4, -0.2) is 40.6 Å². The maximum Gasteiger partial charge on any atom is 0.231 e. The molecule has 2 aromatic heterocycles. The first-order valence-corrected chi connectivity index (χ1v) is 9.91. The molecule has 1 unspecified atom stereocenters. The summed E-state index contributed by atoms with van der Waals surface area (Å²) in [5.74, 6) is 1.39. The average Bonchev–Trinajstić information content (AvgIpc) is 3.10. The molecule has 7 nitrogen and oxygen atoms in total. The minimum absolute atomic E-state index is 0.000260. The van der Waals surface area contributed by atoms with Gasteiger partial charge in [-0.2, -0.15) is 0 Å². The highest BCUT2D eigenvalue weighted by Crippen LogP contribution is 2.30. The van der Waals surface area contributed by atoms with Crippen molar-refractivity contribution in [3.63, 3.8) is 0 Å². The lowest BCUT2D eigenvalue weighted by molar-refractivity contribution is -0.120. The molecule has 0 aliphatic carbocycles. The smallest absolute Gasteiger partial charge is 0.231 e. The van der Waals surface area contributed by atoms with Crippen LogP contribution in [0, 0.1) is 5.92 Å². The lowest BCUT2D eigenvalue weighted by atomic mass is 9.97. The number of piperidine rings is 1. The molecule has 3 aromatic rings. The van der Waals surface area contributed by atoms with Crippen LogP contribution in [0.25, 0.3) is 10.2 Å². The first kappa shape index (κ1) is 17.7. The van der Waals surface area contributed by atoms with Crippen LogP contribution >= 0.6 is 11.3 Å². The molecule has 0 saturated carbocycles. The van der Waals surface area contributed by atoms with Gasteiger partial charge in [-0.15, -0.1) is 0 Å². The highest BCUT2D eigenvalue weighted by atomic mass is 32.1. The fourth-order valence-electron chi connectivity index (χ4n) is 3.25. The monoisotopic (exact) mass is 383 g/mol. The van der Waals surface area contributed by atoms with E-state index in [0.29, 0.717) is 24.2 Å². The summed E-state index contributed by atoms with van der Waals surface area (Å²) < 4.78 is 6.53. The molecule has 0 radical (unpaired) electrons. The summed E-state index contributed by atoms with van der Waals surface area (Å²) in [6.45, 7) is 4.07. The number of carbonyl (C=O) groups excluding carboxylic acids is 1. The van der Waals surface area contributed by atoms with Crippen molar-refractivity contribution in [1.29, 1.82) is 0 Å². The molecule has 1 saturated heterocycles. The Morgan fingerprint density at radius 3 is 3.04 bits per heavy atom. The number of nitrogens with zero attached hydrogens (tertiary/aromatic N) is 4. The lowest BCUT2D eigenvalue weighted by Crippen LogP contribution is -2.41. The normalized spacial score (nSPS) is 17.1. The standard InChI is InChI=1S/C19H21N5O2S/c1-2-26-14-6-7-15-16(11-14)27-19(22-15)23-17(25)13-5-3-10-24(12-13)18-20-8-4-9-21-18/h4,6-9,11,13H,2-3,5,10,12H2,1H3,(H,22,23,25). The van der Waals surface area contributed by atoms with Gasteiger partial charge in [0.15, 0.2) is 5.13 Å². The molecular weight excluding hydrogens is 362 g/mol. The average molecular weight is 383 g/mol. The highest BCUT2D eigenvalue weighted by Gasteiger charge is 2.27. The van der Waals surface area contributed by atoms with Crippen molar-refractivity contribution in [2.45, 2.75) is 19.8 Å². The molecular formula is C19H21N5O2S. The van der Waals surface area contributed by atoms with Gasteiger partial charge < -0.3 is 15.0 Å². The second kappa shape index (κ2) is 7.87. The van der Waals surface area contributed by atoms with E-state index < -0.39 is 0 Å². The second-order valence-electron chi connectivity index (χ2n) is 6.40. The van der Waals surface area contributed by atoms with E-state index in [-0.39, 0.29) is 11.8 Å². The van der Waals surface area contributed by atoms with Gasteiger partial charge in [-0.3, -0.25) is 4.79 Å². The van der Waals surface area contributed by atoms with Crippen LogP contribution < -0.4 is 15.0 Å². The van der Waals surface area contributed by atoms with E-state index in [9.17, 15) is 4.79 Å². The van der Waals surface area contributed by atoms with Crippen LogP contribution in [0.4, 0.5) is 11.1 Å². The van der Waals surface area contributed by atoms with E-state index in [1.807, 2.05) is 25.1 Å². The molecule has 1 aromatic carbocycles. The van der Waals surface area contributed by atoms with Gasteiger partial charge in [0.2, 0.25) is 11.9 Å². The molecule has 1 N–H and O–H groups in total. The van der Waals surface area contributed by atoms with Gasteiger partial charge in [-0.25, -0.2) is 15.0 Å². The maximum absolute atomic E-state index is 12.8. The first-order valence-electron chi connectivity index (χ1n) is 9.09. The summed E-state index contributed by atoms with van der Waals surface area (Å²) in [6, 6.07) is 7.57. The number of hydrogen-bond acceptors (Lipinski definition) is 7. The second-order valence-corrected chi connectivity index (χ2v) is 7.44. The van der Waals surface area contributed by atoms with Crippen molar-refractivity contribution in [2.75, 3.05) is 29.9 Å². The molecule has 27 heavy (non-hydrogen) atoms. The largest absolute Gasteiger partial charge is 0.494 e. The van der Waals surface area contributed by atoms with Crippen molar-refractivity contribution in [3.8, 4) is 5.75 Å². The van der Waals surface area contributed by atoms with Crippen molar-refractivity contribution >= 4 is 38.5 Å². The molecule has 0 spiro atoms. The predicted molar refractivity (Wildman–Crippen MR) is 106 cm³/mol. The number of anilines is 2. The van der Waals surface area contributed by atoms with Gasteiger partial charge >= 0.3 is 0 Å². The minimum atomic E-state index is -0.103. The van der Waals surface area contributed by atoms with Crippen molar-refractivity contribution in [3.05, 3.63) is 36.7 Å². The minimum Gasteiger partial charge on any atom is -0.494 e. The van der Waals surface area contributed by atoms with Gasteiger partial charge in [0.25, 0.3) is 0 Å². The topological polar surface area (TPSA) is 80.2 Å². The van der Waals surface area contributed by atoms with E-state index in [4.69, 9.17) is 4.74 Å². The third kappa shape index (κ3) is 4.00. The lowest BCUT2D eigenvalue weighted by Gasteiger charge is -2.31. The van der Waals surface area contributed by atoms with E-state index in [1.54, 1.807) is 18.5 Å². The van der Waals surface area contributed by atoms with Crippen molar-refractivity contribution < 1.29 is 9.53 Å². The van der Waals surface area contributed by atoms with Crippen LogP contribution in [0.3, 0.4) is 0 Å². The van der Waals surface area contributed by atoms with E-state index in [2.05, 4.69) is 25.2 Å². The molecule has 140 valence electrons. The Balaban J connectivity index is 1.44. The molecule has 1 aliphatic heterocycles. The summed E-state index contributed by atoms with van der Waals surface area (Å²) in [4.78, 5) is 27.9. The summed E-state index contributed by atoms with van der Waals surface area (Å²) in [5.41, 5.74) is 0.863. The number of rotatable bonds is 5. The fraction of sp³-hybridized carbons (Fsp3) is 0.368. The predicted octanol–water partition coefficient (Wildman–Crippen LogP) is 3.34.